The minimum absolute atomic E-state index is 0.0678. The van der Waals surface area contributed by atoms with Crippen molar-refractivity contribution < 1.29 is 93.1 Å². The van der Waals surface area contributed by atoms with Gasteiger partial charge >= 0.3 is 11.9 Å². The zero-order valence-corrected chi connectivity index (χ0v) is 28.3. The average Bonchev–Trinajstić information content (AvgIpc) is 3.47. The van der Waals surface area contributed by atoms with Gasteiger partial charge in [0.15, 0.2) is 12.6 Å². The predicted octanol–water partition coefficient (Wildman–Crippen LogP) is -3.54. The normalized spacial score (nSPS) is 44.6. The van der Waals surface area contributed by atoms with Gasteiger partial charge in [-0.3, -0.25) is 0 Å². The van der Waals surface area contributed by atoms with E-state index in [2.05, 4.69) is 6.58 Å². The number of carbonyl (C=O) groups excluding carboxylic acids is 3. The number of esters is 2. The third-order valence-electron chi connectivity index (χ3n) is 10.5. The molecule has 5 aliphatic rings. The summed E-state index contributed by atoms with van der Waals surface area (Å²) in [6, 6.07) is 0. The zero-order valence-electron chi connectivity index (χ0n) is 28.3. The highest BCUT2D eigenvalue weighted by molar-refractivity contribution is 5.90. The molecule has 5 rings (SSSR count). The van der Waals surface area contributed by atoms with Crippen LogP contribution in [0, 0.1) is 29.6 Å². The second-order valence-electron chi connectivity index (χ2n) is 13.4. The molecule has 0 bridgehead atoms. The molecule has 1 aliphatic carbocycles. The van der Waals surface area contributed by atoms with Crippen LogP contribution in [0.1, 0.15) is 19.8 Å². The Hall–Kier alpha value is -3.05. The lowest BCUT2D eigenvalue weighted by molar-refractivity contribution is -0.342. The van der Waals surface area contributed by atoms with Crippen molar-refractivity contribution in [2.75, 3.05) is 20.3 Å². The molecule has 0 aromatic carbocycles. The van der Waals surface area contributed by atoms with Crippen molar-refractivity contribution in [2.24, 2.45) is 29.6 Å². The molecule has 0 amide bonds. The van der Waals surface area contributed by atoms with Gasteiger partial charge < -0.3 is 83.5 Å². The van der Waals surface area contributed by atoms with E-state index in [0.29, 0.717) is 6.29 Å². The lowest BCUT2D eigenvalue weighted by atomic mass is 9.82. The Morgan fingerprint density at radius 1 is 0.808 bits per heavy atom. The molecule has 1 saturated carbocycles. The largest absolute Gasteiger partial charge is 0.472 e. The Balaban J connectivity index is 1.34. The summed E-state index contributed by atoms with van der Waals surface area (Å²) >= 11 is 0. The van der Waals surface area contributed by atoms with Crippen molar-refractivity contribution in [2.45, 2.75) is 99.9 Å². The van der Waals surface area contributed by atoms with Crippen molar-refractivity contribution in [3.63, 3.8) is 0 Å². The molecule has 292 valence electrons. The number of aliphatic hydroxyl groups is 8. The minimum Gasteiger partial charge on any atom is -0.472 e. The number of fused-ring (bicyclic) bond motifs is 1. The summed E-state index contributed by atoms with van der Waals surface area (Å²) in [6.07, 6.45) is -15.4. The molecule has 0 unspecified atom stereocenters. The van der Waals surface area contributed by atoms with E-state index >= 15 is 0 Å². The maximum absolute atomic E-state index is 13.8. The maximum atomic E-state index is 13.8. The number of carbonyl (C=O) groups is 3. The lowest BCUT2D eigenvalue weighted by Gasteiger charge is -2.43. The summed E-state index contributed by atoms with van der Waals surface area (Å²) in [5.74, 6) is -5.39. The number of aldehydes is 1. The highest BCUT2D eigenvalue weighted by Crippen LogP contribution is 2.49. The van der Waals surface area contributed by atoms with Gasteiger partial charge in [-0.25, -0.2) is 9.59 Å². The molecule has 0 radical (unpaired) electrons. The van der Waals surface area contributed by atoms with Gasteiger partial charge in [0.05, 0.1) is 44.0 Å². The van der Waals surface area contributed by atoms with Crippen LogP contribution in [0.3, 0.4) is 0 Å². The van der Waals surface area contributed by atoms with E-state index < -0.39 is 135 Å². The van der Waals surface area contributed by atoms with E-state index in [1.54, 1.807) is 6.92 Å². The third kappa shape index (κ3) is 7.63. The molecule has 2 saturated heterocycles. The standard InChI is InChI=1S/C33H46O19/c1-4-13-14(5-6-34)16(10-46-30(13)51-32-26(41)24(39)22(37)19(8-35)49-32)29(44)48-18-7-15-17(28(43)45-3)11-47-31(21(15)12(18)2)52-33-27(42)25(40)23(38)20(9-36)50-33/h4,6,10-15,18-27,30-33,35-42H,1,5,7-9H2,2-3H3/t12-,13+,14-,15-,18-,19+,20+,21-,22+,23+,24-,25-,26+,27+,30-,31-,32-,33-/m0/s1. The molecular weight excluding hydrogens is 700 g/mol. The van der Waals surface area contributed by atoms with Gasteiger partial charge in [-0.15, -0.1) is 6.58 Å². The summed E-state index contributed by atoms with van der Waals surface area (Å²) in [7, 11) is 1.18. The van der Waals surface area contributed by atoms with Gasteiger partial charge in [0, 0.05) is 36.0 Å². The molecule has 19 nitrogen and oxygen atoms in total. The molecule has 4 heterocycles. The monoisotopic (exact) mass is 746 g/mol. The van der Waals surface area contributed by atoms with Crippen molar-refractivity contribution in [1.29, 1.82) is 0 Å². The molecule has 19 heteroatoms. The van der Waals surface area contributed by atoms with E-state index in [1.807, 2.05) is 0 Å². The highest BCUT2D eigenvalue weighted by Gasteiger charge is 2.55. The van der Waals surface area contributed by atoms with Crippen LogP contribution in [0.4, 0.5) is 0 Å². The quantitative estimate of drug-likeness (QED) is 0.0545. The fraction of sp³-hybridized carbons (Fsp3) is 0.727. The minimum atomic E-state index is -1.75. The summed E-state index contributed by atoms with van der Waals surface area (Å²) < 4.78 is 44.9. The Bertz CT molecular complexity index is 1350. The maximum Gasteiger partial charge on any atom is 0.337 e. The molecule has 52 heavy (non-hydrogen) atoms. The Labute approximate surface area is 297 Å². The van der Waals surface area contributed by atoms with E-state index in [0.717, 1.165) is 12.5 Å². The molecule has 3 fully saturated rings. The number of ether oxygens (including phenoxy) is 8. The highest BCUT2D eigenvalue weighted by atomic mass is 16.8. The number of aliphatic hydroxyl groups excluding tert-OH is 8. The zero-order chi connectivity index (χ0) is 38.0. The smallest absolute Gasteiger partial charge is 0.337 e. The first-order valence-corrected chi connectivity index (χ1v) is 16.8. The summed E-state index contributed by atoms with van der Waals surface area (Å²) in [4.78, 5) is 38.3. The van der Waals surface area contributed by atoms with Crippen molar-refractivity contribution >= 4 is 18.2 Å². The van der Waals surface area contributed by atoms with Gasteiger partial charge in [0.25, 0.3) is 0 Å². The van der Waals surface area contributed by atoms with E-state index in [1.165, 1.54) is 13.2 Å². The molecule has 4 aliphatic heterocycles. The molecule has 0 spiro atoms. The van der Waals surface area contributed by atoms with Crippen LogP contribution in [-0.2, 0) is 52.3 Å². The number of hydrogen-bond acceptors (Lipinski definition) is 19. The topological polar surface area (TPSA) is 287 Å². The summed E-state index contributed by atoms with van der Waals surface area (Å²) in [5.41, 5.74) is 0.0485. The van der Waals surface area contributed by atoms with E-state index in [9.17, 15) is 55.2 Å². The van der Waals surface area contributed by atoms with E-state index in [4.69, 9.17) is 37.9 Å². The van der Waals surface area contributed by atoms with Crippen LogP contribution >= 0.6 is 0 Å². The number of methoxy groups -OCH3 is 1. The van der Waals surface area contributed by atoms with Crippen LogP contribution in [0.15, 0.2) is 36.3 Å². The SMILES string of the molecule is C=C[C@H]1[C@H](O[C@@H]2O[C@H](CO)[C@@H](O)[C@H](O)[C@H]2O)OC=C(C(=O)O[C@H]2C[C@H]3C(C(=O)OC)=CO[C@@H](O[C@@H]4O[C@H](CO)[C@@H](O)[C@H](O)[C@H]4O)[C@H]3[C@H]2C)[C@H]1CC=O. The van der Waals surface area contributed by atoms with Crippen molar-refractivity contribution in [3.05, 3.63) is 36.3 Å². The van der Waals surface area contributed by atoms with Crippen LogP contribution < -0.4 is 0 Å². The van der Waals surface area contributed by atoms with Gasteiger partial charge in [-0.1, -0.05) is 13.0 Å². The summed E-state index contributed by atoms with van der Waals surface area (Å²) in [5, 5.41) is 80.8. The predicted molar refractivity (Wildman–Crippen MR) is 166 cm³/mol. The Kier molecular flexibility index (Phi) is 13.1. The van der Waals surface area contributed by atoms with E-state index in [-0.39, 0.29) is 24.0 Å². The Morgan fingerprint density at radius 3 is 1.87 bits per heavy atom. The Morgan fingerprint density at radius 2 is 1.35 bits per heavy atom. The fourth-order valence-corrected chi connectivity index (χ4v) is 7.45. The third-order valence-corrected chi connectivity index (χ3v) is 10.5. The van der Waals surface area contributed by atoms with Gasteiger partial charge in [0.1, 0.15) is 61.2 Å². The van der Waals surface area contributed by atoms with Gasteiger partial charge in [0.2, 0.25) is 12.6 Å². The molecule has 8 N–H and O–H groups in total. The van der Waals surface area contributed by atoms with Crippen LogP contribution in [0.25, 0.3) is 0 Å². The first-order valence-electron chi connectivity index (χ1n) is 16.8. The van der Waals surface area contributed by atoms with Crippen molar-refractivity contribution in [3.8, 4) is 0 Å². The van der Waals surface area contributed by atoms with Crippen LogP contribution in [0.2, 0.25) is 0 Å². The molecular formula is C33H46O19. The molecule has 0 aromatic rings. The molecule has 0 aromatic heterocycles. The van der Waals surface area contributed by atoms with Crippen molar-refractivity contribution in [1.82, 2.24) is 0 Å². The van der Waals surface area contributed by atoms with Crippen LogP contribution in [0.5, 0.6) is 0 Å². The van der Waals surface area contributed by atoms with Gasteiger partial charge in [-0.2, -0.15) is 0 Å². The molecule has 18 atom stereocenters. The average molecular weight is 747 g/mol. The lowest BCUT2D eigenvalue weighted by Crippen LogP contribution is -2.60. The first-order chi connectivity index (χ1) is 24.8. The second kappa shape index (κ2) is 17.0. The first kappa shape index (κ1) is 40.1. The van der Waals surface area contributed by atoms with Crippen LogP contribution in [-0.4, -0.2) is 159 Å². The number of hydrogen-bond donors (Lipinski definition) is 8. The second-order valence-corrected chi connectivity index (χ2v) is 13.4. The van der Waals surface area contributed by atoms with Gasteiger partial charge in [-0.05, 0) is 6.42 Å². The number of rotatable bonds is 12. The fourth-order valence-electron chi connectivity index (χ4n) is 7.45. The summed E-state index contributed by atoms with van der Waals surface area (Å²) in [6.45, 7) is 4.09.